The van der Waals surface area contributed by atoms with Crippen LogP contribution in [0.5, 0.6) is 11.5 Å². The van der Waals surface area contributed by atoms with E-state index in [4.69, 9.17) is 31.8 Å². The molecule has 0 amide bonds. The zero-order valence-electron chi connectivity index (χ0n) is 19.9. The van der Waals surface area contributed by atoms with Crippen LogP contribution in [0.3, 0.4) is 0 Å². The summed E-state index contributed by atoms with van der Waals surface area (Å²) in [5, 5.41) is 8.09. The highest BCUT2D eigenvalue weighted by Gasteiger charge is 2.17. The highest BCUT2D eigenvalue weighted by atomic mass is 35.5. The monoisotopic (exact) mass is 507 g/mol. The van der Waals surface area contributed by atoms with Gasteiger partial charge in [-0.25, -0.2) is 14.4 Å². The number of nitrogen functional groups attached to an aromatic ring is 1. The smallest absolute Gasteiger partial charge is 0.162 e. The topological polar surface area (TPSA) is 94.3 Å². The second kappa shape index (κ2) is 10.6. The lowest BCUT2D eigenvalue weighted by Gasteiger charge is -2.25. The summed E-state index contributed by atoms with van der Waals surface area (Å²) in [7, 11) is 1.64. The number of piperidine rings is 1. The Morgan fingerprint density at radius 1 is 1.08 bits per heavy atom. The molecule has 2 heterocycles. The van der Waals surface area contributed by atoms with Crippen molar-refractivity contribution in [1.29, 1.82) is 0 Å². The third-order valence-electron chi connectivity index (χ3n) is 6.22. The van der Waals surface area contributed by atoms with Gasteiger partial charge in [-0.05, 0) is 67.9 Å². The van der Waals surface area contributed by atoms with Crippen molar-refractivity contribution in [2.75, 3.05) is 31.2 Å². The summed E-state index contributed by atoms with van der Waals surface area (Å²) in [6.07, 6.45) is 2.07. The molecule has 5 rings (SSSR count). The molecule has 0 atom stereocenters. The molecule has 9 heteroatoms. The van der Waals surface area contributed by atoms with E-state index in [1.54, 1.807) is 31.4 Å². The SMILES string of the molecule is COc1cc2nc(-c3ccc(OCc4cccc(F)c4)c(Cl)c3)nc(N)c2cc1NC1CCNCC1. The van der Waals surface area contributed by atoms with Gasteiger partial charge in [0.05, 0.1) is 23.3 Å². The first kappa shape index (κ1) is 24.1. The molecule has 0 unspecified atom stereocenters. The standard InChI is InChI=1S/C27H27ClFN5O2/c1-35-25-14-22-20(13-23(25)32-19-7-9-31-10-8-19)26(30)34-27(33-22)17-5-6-24(21(28)12-17)36-15-16-3-2-4-18(29)11-16/h2-6,11-14,19,31-32H,7-10,15H2,1H3,(H2,30,33,34). The summed E-state index contributed by atoms with van der Waals surface area (Å²) in [6.45, 7) is 2.17. The van der Waals surface area contributed by atoms with Crippen molar-refractivity contribution in [3.63, 3.8) is 0 Å². The Hall–Kier alpha value is -3.62. The molecule has 1 aromatic heterocycles. The number of hydrogen-bond acceptors (Lipinski definition) is 7. The Bertz CT molecular complexity index is 1390. The molecular weight excluding hydrogens is 481 g/mol. The Morgan fingerprint density at radius 3 is 2.67 bits per heavy atom. The van der Waals surface area contributed by atoms with Crippen molar-refractivity contribution in [3.05, 3.63) is 71.0 Å². The van der Waals surface area contributed by atoms with Crippen LogP contribution in [0.1, 0.15) is 18.4 Å². The molecule has 0 radical (unpaired) electrons. The van der Waals surface area contributed by atoms with Gasteiger partial charge in [-0.15, -0.1) is 0 Å². The van der Waals surface area contributed by atoms with Crippen molar-refractivity contribution in [3.8, 4) is 22.9 Å². The first-order chi connectivity index (χ1) is 17.5. The molecule has 1 aliphatic rings. The van der Waals surface area contributed by atoms with Crippen LogP contribution in [-0.4, -0.2) is 36.2 Å². The van der Waals surface area contributed by atoms with E-state index in [0.29, 0.717) is 50.8 Å². The summed E-state index contributed by atoms with van der Waals surface area (Å²) in [6, 6.07) is 15.7. The van der Waals surface area contributed by atoms with Crippen LogP contribution in [0.25, 0.3) is 22.3 Å². The number of nitrogens with two attached hydrogens (primary N) is 1. The largest absolute Gasteiger partial charge is 0.495 e. The fraction of sp³-hybridized carbons (Fsp3) is 0.259. The predicted octanol–water partition coefficient (Wildman–Crippen LogP) is 5.42. The lowest BCUT2D eigenvalue weighted by molar-refractivity contribution is 0.306. The van der Waals surface area contributed by atoms with Crippen molar-refractivity contribution >= 4 is 34.0 Å². The minimum atomic E-state index is -0.311. The van der Waals surface area contributed by atoms with Crippen molar-refractivity contribution in [1.82, 2.24) is 15.3 Å². The molecule has 0 spiro atoms. The van der Waals surface area contributed by atoms with Gasteiger partial charge in [0, 0.05) is 23.1 Å². The molecule has 4 N–H and O–H groups in total. The number of ether oxygens (including phenoxy) is 2. The van der Waals surface area contributed by atoms with Gasteiger partial charge in [0.15, 0.2) is 5.82 Å². The number of methoxy groups -OCH3 is 1. The first-order valence-electron chi connectivity index (χ1n) is 11.8. The second-order valence-corrected chi connectivity index (χ2v) is 9.14. The number of hydrogen-bond donors (Lipinski definition) is 3. The van der Waals surface area contributed by atoms with Crippen molar-refractivity contribution < 1.29 is 13.9 Å². The third-order valence-corrected chi connectivity index (χ3v) is 6.51. The van der Waals surface area contributed by atoms with E-state index >= 15 is 0 Å². The van der Waals surface area contributed by atoms with Crippen LogP contribution >= 0.6 is 11.6 Å². The molecule has 1 saturated heterocycles. The normalized spacial score (nSPS) is 14.1. The molecule has 0 bridgehead atoms. The molecular formula is C27H27ClFN5O2. The number of halogens is 2. The molecule has 186 valence electrons. The fourth-order valence-corrected chi connectivity index (χ4v) is 4.56. The number of anilines is 2. The molecule has 36 heavy (non-hydrogen) atoms. The van der Waals surface area contributed by atoms with Gasteiger partial charge in [0.1, 0.15) is 29.7 Å². The second-order valence-electron chi connectivity index (χ2n) is 8.73. The summed E-state index contributed by atoms with van der Waals surface area (Å²) in [5.74, 6) is 1.68. The minimum absolute atomic E-state index is 0.198. The Morgan fingerprint density at radius 2 is 1.92 bits per heavy atom. The highest BCUT2D eigenvalue weighted by molar-refractivity contribution is 6.32. The Labute approximate surface area is 213 Å². The maximum Gasteiger partial charge on any atom is 0.162 e. The predicted molar refractivity (Wildman–Crippen MR) is 141 cm³/mol. The summed E-state index contributed by atoms with van der Waals surface area (Å²) < 4.78 is 24.8. The highest BCUT2D eigenvalue weighted by Crippen LogP contribution is 2.35. The van der Waals surface area contributed by atoms with E-state index in [2.05, 4.69) is 15.6 Å². The lowest BCUT2D eigenvalue weighted by Crippen LogP contribution is -2.35. The molecule has 1 aliphatic heterocycles. The number of nitrogens with one attached hydrogen (secondary N) is 2. The van der Waals surface area contributed by atoms with Crippen molar-refractivity contribution in [2.45, 2.75) is 25.5 Å². The molecule has 1 fully saturated rings. The Balaban J connectivity index is 1.40. The first-order valence-corrected chi connectivity index (χ1v) is 12.2. The van der Waals surface area contributed by atoms with E-state index < -0.39 is 0 Å². The number of fused-ring (bicyclic) bond motifs is 1. The molecule has 4 aromatic rings. The average molecular weight is 508 g/mol. The quantitative estimate of drug-likeness (QED) is 0.307. The van der Waals surface area contributed by atoms with Gasteiger partial charge in [-0.1, -0.05) is 23.7 Å². The lowest BCUT2D eigenvalue weighted by atomic mass is 10.1. The van der Waals surface area contributed by atoms with Crippen LogP contribution in [-0.2, 0) is 6.61 Å². The van der Waals surface area contributed by atoms with E-state index in [1.807, 2.05) is 18.2 Å². The minimum Gasteiger partial charge on any atom is -0.495 e. The summed E-state index contributed by atoms with van der Waals surface area (Å²) in [5.41, 5.74) is 9.32. The summed E-state index contributed by atoms with van der Waals surface area (Å²) in [4.78, 5) is 9.26. The number of nitrogens with zero attached hydrogens (tertiary/aromatic N) is 2. The third kappa shape index (κ3) is 5.29. The maximum absolute atomic E-state index is 13.4. The van der Waals surface area contributed by atoms with Crippen molar-refractivity contribution in [2.24, 2.45) is 0 Å². The average Bonchev–Trinajstić information content (AvgIpc) is 2.88. The van der Waals surface area contributed by atoms with Crippen LogP contribution in [0.15, 0.2) is 54.6 Å². The van der Waals surface area contributed by atoms with Crippen LogP contribution in [0, 0.1) is 5.82 Å². The number of rotatable bonds is 7. The van der Waals surface area contributed by atoms with Crippen LogP contribution < -0.4 is 25.8 Å². The molecule has 0 saturated carbocycles. The molecule has 7 nitrogen and oxygen atoms in total. The molecule has 3 aromatic carbocycles. The van der Waals surface area contributed by atoms with Gasteiger partial charge in [-0.3, -0.25) is 0 Å². The van der Waals surface area contributed by atoms with Gasteiger partial charge in [0.2, 0.25) is 0 Å². The maximum atomic E-state index is 13.4. The van der Waals surface area contributed by atoms with Crippen LogP contribution in [0.2, 0.25) is 5.02 Å². The van der Waals surface area contributed by atoms with Gasteiger partial charge >= 0.3 is 0 Å². The molecule has 0 aliphatic carbocycles. The number of benzene rings is 3. The van der Waals surface area contributed by atoms with Crippen LogP contribution in [0.4, 0.5) is 15.9 Å². The Kier molecular flexibility index (Phi) is 7.06. The van der Waals surface area contributed by atoms with Gasteiger partial charge < -0.3 is 25.8 Å². The summed E-state index contributed by atoms with van der Waals surface area (Å²) >= 11 is 6.48. The van der Waals surface area contributed by atoms with E-state index in [1.165, 1.54) is 12.1 Å². The van der Waals surface area contributed by atoms with Gasteiger partial charge in [-0.2, -0.15) is 0 Å². The zero-order chi connectivity index (χ0) is 25.1. The fourth-order valence-electron chi connectivity index (χ4n) is 4.32. The van der Waals surface area contributed by atoms with E-state index in [0.717, 1.165) is 37.0 Å². The number of aromatic nitrogens is 2. The van der Waals surface area contributed by atoms with Gasteiger partial charge in [0.25, 0.3) is 0 Å². The zero-order valence-corrected chi connectivity index (χ0v) is 20.6. The van der Waals surface area contributed by atoms with E-state index in [-0.39, 0.29) is 12.4 Å². The van der Waals surface area contributed by atoms with E-state index in [9.17, 15) is 4.39 Å².